The van der Waals surface area contributed by atoms with Crippen molar-refractivity contribution in [2.24, 2.45) is 0 Å². The highest BCUT2D eigenvalue weighted by molar-refractivity contribution is 8.02. The van der Waals surface area contributed by atoms with E-state index < -0.39 is 0 Å². The van der Waals surface area contributed by atoms with Gasteiger partial charge in [-0.15, -0.1) is 0 Å². The maximum Gasteiger partial charge on any atom is 0.0485 e. The summed E-state index contributed by atoms with van der Waals surface area (Å²) < 4.78 is 0. The molecule has 0 heterocycles. The molecule has 0 bridgehead atoms. The lowest BCUT2D eigenvalue weighted by Crippen LogP contribution is -1.90. The molecule has 0 saturated heterocycles. The van der Waals surface area contributed by atoms with E-state index in [2.05, 4.69) is 23.6 Å². The lowest BCUT2D eigenvalue weighted by Gasteiger charge is -2.04. The van der Waals surface area contributed by atoms with Gasteiger partial charge in [-0.3, -0.25) is 0 Å². The molecule has 1 nitrogen and oxygen atoms in total. The van der Waals surface area contributed by atoms with Crippen molar-refractivity contribution in [1.82, 2.24) is 0 Å². The number of hydrogen-bond acceptors (Lipinski definition) is 2. The van der Waals surface area contributed by atoms with Gasteiger partial charge in [-0.1, -0.05) is 54.2 Å². The summed E-state index contributed by atoms with van der Waals surface area (Å²) in [6.07, 6.45) is 2.09. The van der Waals surface area contributed by atoms with Crippen LogP contribution in [0.4, 0.5) is 5.69 Å². The maximum absolute atomic E-state index is 6.01. The van der Waals surface area contributed by atoms with Gasteiger partial charge in [-0.05, 0) is 35.6 Å². The van der Waals surface area contributed by atoms with E-state index in [1.54, 1.807) is 11.8 Å². The van der Waals surface area contributed by atoms with E-state index in [1.807, 2.05) is 43.3 Å². The van der Waals surface area contributed by atoms with Crippen LogP contribution in [0.1, 0.15) is 11.1 Å². The smallest absolute Gasteiger partial charge is 0.0485 e. The van der Waals surface area contributed by atoms with Crippen LogP contribution in [0.2, 0.25) is 0 Å². The van der Waals surface area contributed by atoms with E-state index in [0.717, 1.165) is 16.1 Å². The Labute approximate surface area is 106 Å². The monoisotopic (exact) mass is 241 g/mol. The van der Waals surface area contributed by atoms with Gasteiger partial charge in [0.25, 0.3) is 0 Å². The molecule has 0 aliphatic heterocycles. The summed E-state index contributed by atoms with van der Waals surface area (Å²) in [6, 6.07) is 16.3. The van der Waals surface area contributed by atoms with Crippen molar-refractivity contribution in [2.45, 2.75) is 11.8 Å². The fourth-order valence-electron chi connectivity index (χ4n) is 1.51. The summed E-state index contributed by atoms with van der Waals surface area (Å²) in [5.41, 5.74) is 9.21. The predicted octanol–water partition coefficient (Wildman–Crippen LogP) is 4.34. The van der Waals surface area contributed by atoms with E-state index in [9.17, 15) is 0 Å². The van der Waals surface area contributed by atoms with Crippen LogP contribution in [0.25, 0.3) is 6.08 Å². The average molecular weight is 241 g/mol. The van der Waals surface area contributed by atoms with Crippen LogP contribution in [0.5, 0.6) is 0 Å². The van der Waals surface area contributed by atoms with Crippen LogP contribution in [0, 0.1) is 6.92 Å². The summed E-state index contributed by atoms with van der Waals surface area (Å²) in [5, 5.41) is 2.07. The third-order valence-electron chi connectivity index (χ3n) is 2.54. The van der Waals surface area contributed by atoms with Crippen LogP contribution in [0.15, 0.2) is 58.8 Å². The normalized spacial score (nSPS) is 10.9. The number of hydrogen-bond donors (Lipinski definition) is 1. The fraction of sp³-hybridized carbons (Fsp3) is 0.0667. The first-order valence-corrected chi connectivity index (χ1v) is 6.38. The van der Waals surface area contributed by atoms with Gasteiger partial charge >= 0.3 is 0 Å². The first-order chi connectivity index (χ1) is 8.27. The Balaban J connectivity index is 2.08. The van der Waals surface area contributed by atoms with Crippen LogP contribution in [-0.2, 0) is 0 Å². The molecule has 0 fully saturated rings. The molecule has 0 unspecified atom stereocenters. The van der Waals surface area contributed by atoms with Crippen LogP contribution in [-0.4, -0.2) is 0 Å². The van der Waals surface area contributed by atoms with Gasteiger partial charge in [-0.25, -0.2) is 0 Å². The Morgan fingerprint density at radius 3 is 2.53 bits per heavy atom. The molecule has 2 heteroatoms. The van der Waals surface area contributed by atoms with Gasteiger partial charge in [0, 0.05) is 10.6 Å². The molecule has 0 spiro atoms. The van der Waals surface area contributed by atoms with Gasteiger partial charge in [0.1, 0.15) is 0 Å². The summed E-state index contributed by atoms with van der Waals surface area (Å²) >= 11 is 1.65. The number of para-hydroxylation sites is 1. The maximum atomic E-state index is 6.01. The number of benzene rings is 2. The van der Waals surface area contributed by atoms with Crippen molar-refractivity contribution in [3.05, 3.63) is 65.1 Å². The van der Waals surface area contributed by atoms with Gasteiger partial charge in [0.15, 0.2) is 0 Å². The van der Waals surface area contributed by atoms with Gasteiger partial charge in [0.2, 0.25) is 0 Å². The molecule has 0 radical (unpaired) electrons. The lowest BCUT2D eigenvalue weighted by molar-refractivity contribution is 1.37. The molecule has 2 aromatic carbocycles. The molecule has 17 heavy (non-hydrogen) atoms. The fourth-order valence-corrected chi connectivity index (χ4v) is 2.32. The minimum atomic E-state index is 0.871. The zero-order valence-electron chi connectivity index (χ0n) is 9.76. The zero-order chi connectivity index (χ0) is 12.1. The quantitative estimate of drug-likeness (QED) is 0.639. The summed E-state index contributed by atoms with van der Waals surface area (Å²) in [5.74, 6) is 0. The second-order valence-corrected chi connectivity index (χ2v) is 4.77. The number of anilines is 1. The van der Waals surface area contributed by atoms with E-state index in [0.29, 0.717) is 0 Å². The molecule has 0 amide bonds. The minimum absolute atomic E-state index is 0.871. The number of thioether (sulfide) groups is 1. The molecule has 0 aliphatic carbocycles. The Bertz CT molecular complexity index is 518. The van der Waals surface area contributed by atoms with E-state index in [-0.39, 0.29) is 0 Å². The largest absolute Gasteiger partial charge is 0.398 e. The third kappa shape index (κ3) is 3.14. The van der Waals surface area contributed by atoms with Gasteiger partial charge < -0.3 is 5.73 Å². The third-order valence-corrected chi connectivity index (χ3v) is 3.42. The Kier molecular flexibility index (Phi) is 3.89. The highest BCUT2D eigenvalue weighted by atomic mass is 32.2. The van der Waals surface area contributed by atoms with E-state index in [4.69, 9.17) is 5.73 Å². The van der Waals surface area contributed by atoms with Gasteiger partial charge in [0.05, 0.1) is 0 Å². The first kappa shape index (κ1) is 11.8. The molecule has 2 rings (SSSR count). The summed E-state index contributed by atoms with van der Waals surface area (Å²) in [7, 11) is 0. The Hall–Kier alpha value is -1.67. The number of aryl methyl sites for hydroxylation is 1. The van der Waals surface area contributed by atoms with E-state index in [1.165, 1.54) is 5.56 Å². The number of rotatable bonds is 3. The molecule has 0 saturated carbocycles. The molecular weight excluding hydrogens is 226 g/mol. The second-order valence-electron chi connectivity index (χ2n) is 3.82. The molecule has 86 valence electrons. The van der Waals surface area contributed by atoms with Gasteiger partial charge in [-0.2, -0.15) is 0 Å². The first-order valence-electron chi connectivity index (χ1n) is 5.51. The van der Waals surface area contributed by atoms with Crippen LogP contribution >= 0.6 is 11.8 Å². The van der Waals surface area contributed by atoms with Crippen LogP contribution < -0.4 is 5.73 Å². The van der Waals surface area contributed by atoms with Crippen molar-refractivity contribution in [3.63, 3.8) is 0 Å². The highest BCUT2D eigenvalue weighted by Gasteiger charge is 1.99. The Morgan fingerprint density at radius 2 is 1.76 bits per heavy atom. The van der Waals surface area contributed by atoms with Crippen molar-refractivity contribution < 1.29 is 0 Å². The average Bonchev–Trinajstić information content (AvgIpc) is 2.36. The topological polar surface area (TPSA) is 26.0 Å². The van der Waals surface area contributed by atoms with Crippen molar-refractivity contribution in [1.29, 1.82) is 0 Å². The summed E-state index contributed by atoms with van der Waals surface area (Å²) in [6.45, 7) is 2.03. The van der Waals surface area contributed by atoms with Crippen molar-refractivity contribution >= 4 is 23.5 Å². The second kappa shape index (κ2) is 5.60. The zero-order valence-corrected chi connectivity index (χ0v) is 10.6. The Morgan fingerprint density at radius 1 is 1.00 bits per heavy atom. The number of nitrogens with two attached hydrogens (primary N) is 1. The minimum Gasteiger partial charge on any atom is -0.398 e. The lowest BCUT2D eigenvalue weighted by atomic mass is 10.2. The molecule has 2 aromatic rings. The molecule has 0 atom stereocenters. The van der Waals surface area contributed by atoms with Crippen molar-refractivity contribution in [2.75, 3.05) is 5.73 Å². The van der Waals surface area contributed by atoms with Crippen molar-refractivity contribution in [3.8, 4) is 0 Å². The molecule has 0 aromatic heterocycles. The molecule has 2 N–H and O–H groups in total. The standard InChI is InChI=1S/C15H15NS/c1-12-6-5-9-14(15(12)16)17-11-10-13-7-3-2-4-8-13/h2-11H,16H2,1H3/b11-10-. The predicted molar refractivity (Wildman–Crippen MR) is 76.9 cm³/mol. The molecule has 0 aliphatic rings. The van der Waals surface area contributed by atoms with Crippen LogP contribution in [0.3, 0.4) is 0 Å². The number of nitrogen functional groups attached to an aromatic ring is 1. The molecular formula is C15H15NS. The summed E-state index contributed by atoms with van der Waals surface area (Å²) in [4.78, 5) is 1.11. The highest BCUT2D eigenvalue weighted by Crippen LogP contribution is 2.28. The van der Waals surface area contributed by atoms with E-state index >= 15 is 0 Å². The SMILES string of the molecule is Cc1cccc(S/C=C\c2ccccc2)c1N.